The van der Waals surface area contributed by atoms with Gasteiger partial charge in [-0.05, 0) is 13.8 Å². The molecule has 2 atom stereocenters. The maximum absolute atomic E-state index is 11.6. The Bertz CT molecular complexity index is 437. The molecule has 110 valence electrons. The van der Waals surface area contributed by atoms with Crippen molar-refractivity contribution in [3.63, 3.8) is 0 Å². The minimum Gasteiger partial charge on any atom is -0.462 e. The Kier molecular flexibility index (Phi) is 6.09. The number of esters is 2. The van der Waals surface area contributed by atoms with Crippen molar-refractivity contribution in [2.45, 2.75) is 51.7 Å². The Morgan fingerprint density at radius 2 is 1.65 bits per heavy atom. The van der Waals surface area contributed by atoms with Crippen LogP contribution in [0.1, 0.15) is 39.5 Å². The predicted octanol–water partition coefficient (Wildman–Crippen LogP) is 1.12. The first-order valence-corrected chi connectivity index (χ1v) is 6.51. The van der Waals surface area contributed by atoms with Gasteiger partial charge in [0, 0.05) is 18.9 Å². The summed E-state index contributed by atoms with van der Waals surface area (Å²) < 4.78 is 9.99. The summed E-state index contributed by atoms with van der Waals surface area (Å²) in [4.78, 5) is 45.9. The van der Waals surface area contributed by atoms with E-state index in [1.807, 2.05) is 0 Å². The molecule has 0 N–H and O–H groups in total. The Balaban J connectivity index is 2.75. The fraction of sp³-hybridized carbons (Fsp3) is 0.571. The first kappa shape index (κ1) is 16.1. The highest BCUT2D eigenvalue weighted by molar-refractivity contribution is 6.37. The molecule has 0 saturated heterocycles. The predicted molar refractivity (Wildman–Crippen MR) is 68.7 cm³/mol. The molecule has 0 spiro atoms. The fourth-order valence-corrected chi connectivity index (χ4v) is 1.70. The number of Topliss-reactive ketones (excluding diaryl/α,β-unsaturated/α-hetero) is 2. The van der Waals surface area contributed by atoms with Crippen LogP contribution in [0.3, 0.4) is 0 Å². The third-order valence-corrected chi connectivity index (χ3v) is 2.71. The highest BCUT2D eigenvalue weighted by Crippen LogP contribution is 2.07. The molecule has 0 fully saturated rings. The molecule has 0 aromatic heterocycles. The van der Waals surface area contributed by atoms with Crippen molar-refractivity contribution in [1.29, 1.82) is 0 Å². The summed E-state index contributed by atoms with van der Waals surface area (Å²) in [6.45, 7) is 3.22. The molecule has 6 heteroatoms. The van der Waals surface area contributed by atoms with Crippen LogP contribution in [-0.2, 0) is 28.7 Å². The number of hydrogen-bond donors (Lipinski definition) is 0. The summed E-state index contributed by atoms with van der Waals surface area (Å²) in [5, 5.41) is 0. The molecule has 1 rings (SSSR count). The van der Waals surface area contributed by atoms with Gasteiger partial charge in [0.25, 0.3) is 0 Å². The Labute approximate surface area is 117 Å². The lowest BCUT2D eigenvalue weighted by atomic mass is 10.1. The zero-order valence-corrected chi connectivity index (χ0v) is 11.6. The van der Waals surface area contributed by atoms with E-state index in [-0.39, 0.29) is 19.3 Å². The fourth-order valence-electron chi connectivity index (χ4n) is 1.70. The van der Waals surface area contributed by atoms with Gasteiger partial charge in [-0.25, -0.2) is 4.79 Å². The van der Waals surface area contributed by atoms with E-state index in [0.717, 1.165) is 0 Å². The van der Waals surface area contributed by atoms with E-state index in [0.29, 0.717) is 6.42 Å². The van der Waals surface area contributed by atoms with E-state index in [2.05, 4.69) is 0 Å². The van der Waals surface area contributed by atoms with Crippen LogP contribution in [0.5, 0.6) is 0 Å². The lowest BCUT2D eigenvalue weighted by Gasteiger charge is -2.13. The van der Waals surface area contributed by atoms with Gasteiger partial charge in [-0.15, -0.1) is 0 Å². The number of carbonyl (C=O) groups is 4. The van der Waals surface area contributed by atoms with Crippen LogP contribution in [0.2, 0.25) is 0 Å². The van der Waals surface area contributed by atoms with Crippen LogP contribution in [0.25, 0.3) is 0 Å². The average Bonchev–Trinajstić information content (AvgIpc) is 2.34. The Morgan fingerprint density at radius 3 is 2.35 bits per heavy atom. The van der Waals surface area contributed by atoms with E-state index >= 15 is 0 Å². The monoisotopic (exact) mass is 282 g/mol. The molecule has 0 aliphatic carbocycles. The average molecular weight is 282 g/mol. The molecule has 2 unspecified atom stereocenters. The van der Waals surface area contributed by atoms with Gasteiger partial charge in [0.15, 0.2) is 5.78 Å². The molecular weight excluding hydrogens is 264 g/mol. The van der Waals surface area contributed by atoms with Gasteiger partial charge in [-0.1, -0.05) is 6.08 Å². The molecule has 6 nitrogen and oxygen atoms in total. The largest absolute Gasteiger partial charge is 0.462 e. The number of ether oxygens (including phenoxy) is 2. The van der Waals surface area contributed by atoms with Gasteiger partial charge in [0.2, 0.25) is 5.78 Å². The van der Waals surface area contributed by atoms with Crippen LogP contribution in [0.15, 0.2) is 12.2 Å². The molecule has 20 heavy (non-hydrogen) atoms. The van der Waals surface area contributed by atoms with Crippen molar-refractivity contribution in [3.05, 3.63) is 12.2 Å². The minimum absolute atomic E-state index is 0.118. The molecule has 0 radical (unpaired) electrons. The molecule has 0 aromatic rings. The highest BCUT2D eigenvalue weighted by atomic mass is 16.5. The van der Waals surface area contributed by atoms with E-state index in [1.165, 1.54) is 6.08 Å². The first-order chi connectivity index (χ1) is 9.38. The van der Waals surface area contributed by atoms with Crippen LogP contribution in [-0.4, -0.2) is 35.7 Å². The van der Waals surface area contributed by atoms with Crippen LogP contribution < -0.4 is 0 Å². The molecule has 0 bridgehead atoms. The van der Waals surface area contributed by atoms with Crippen molar-refractivity contribution in [2.24, 2.45) is 0 Å². The molecule has 0 amide bonds. The number of carbonyl (C=O) groups excluding carboxylic acids is 4. The molecule has 0 saturated carbocycles. The van der Waals surface area contributed by atoms with Crippen LogP contribution in [0, 0.1) is 0 Å². The minimum atomic E-state index is -0.670. The van der Waals surface area contributed by atoms with E-state index in [4.69, 9.17) is 9.47 Å². The summed E-state index contributed by atoms with van der Waals surface area (Å²) in [6, 6.07) is 0. The quantitative estimate of drug-likeness (QED) is 0.489. The molecule has 0 aromatic carbocycles. The second-order valence-electron chi connectivity index (χ2n) is 4.74. The molecule has 1 aliphatic rings. The maximum Gasteiger partial charge on any atom is 0.330 e. The van der Waals surface area contributed by atoms with Gasteiger partial charge in [0.1, 0.15) is 12.2 Å². The zero-order valence-electron chi connectivity index (χ0n) is 11.6. The number of rotatable bonds is 0. The number of ketones is 2. The molecule has 1 aliphatic heterocycles. The van der Waals surface area contributed by atoms with Crippen LogP contribution >= 0.6 is 0 Å². The molecule has 1 heterocycles. The maximum atomic E-state index is 11.6. The van der Waals surface area contributed by atoms with Gasteiger partial charge < -0.3 is 9.47 Å². The summed E-state index contributed by atoms with van der Waals surface area (Å²) in [6.07, 6.45) is 1.60. The van der Waals surface area contributed by atoms with Crippen molar-refractivity contribution >= 4 is 23.5 Å². The first-order valence-electron chi connectivity index (χ1n) is 6.51. The standard InChI is InChI=1S/C14H18O6/c1-9-4-3-5-13(17)20-10(2)8-12(16)11(15)6-7-14(18)19-9/h3,5,9-10H,4,6-8H2,1-2H3/b5-3-. The SMILES string of the molecule is CC1CC(=O)C(=O)CCC(=O)OC(C)C/C=C\C(=O)O1. The third kappa shape index (κ3) is 5.77. The van der Waals surface area contributed by atoms with Gasteiger partial charge in [-0.3, -0.25) is 14.4 Å². The molecular formula is C14H18O6. The van der Waals surface area contributed by atoms with Gasteiger partial charge >= 0.3 is 11.9 Å². The van der Waals surface area contributed by atoms with E-state index < -0.39 is 35.7 Å². The van der Waals surface area contributed by atoms with E-state index in [9.17, 15) is 19.2 Å². The number of hydrogen-bond acceptors (Lipinski definition) is 6. The van der Waals surface area contributed by atoms with Crippen molar-refractivity contribution < 1.29 is 28.7 Å². The highest BCUT2D eigenvalue weighted by Gasteiger charge is 2.21. The Hall–Kier alpha value is -1.98. The van der Waals surface area contributed by atoms with Crippen molar-refractivity contribution in [3.8, 4) is 0 Å². The van der Waals surface area contributed by atoms with Gasteiger partial charge in [-0.2, -0.15) is 0 Å². The van der Waals surface area contributed by atoms with Crippen LogP contribution in [0.4, 0.5) is 0 Å². The lowest BCUT2D eigenvalue weighted by Crippen LogP contribution is -2.24. The summed E-state index contributed by atoms with van der Waals surface area (Å²) in [7, 11) is 0. The van der Waals surface area contributed by atoms with Gasteiger partial charge in [0.05, 0.1) is 12.8 Å². The summed E-state index contributed by atoms with van der Waals surface area (Å²) in [5.74, 6) is -2.41. The normalized spacial score (nSPS) is 28.3. The third-order valence-electron chi connectivity index (χ3n) is 2.71. The summed E-state index contributed by atoms with van der Waals surface area (Å²) >= 11 is 0. The lowest BCUT2D eigenvalue weighted by molar-refractivity contribution is -0.149. The second kappa shape index (κ2) is 7.57. The summed E-state index contributed by atoms with van der Waals surface area (Å²) in [5.41, 5.74) is 0. The van der Waals surface area contributed by atoms with Crippen molar-refractivity contribution in [1.82, 2.24) is 0 Å². The van der Waals surface area contributed by atoms with E-state index in [1.54, 1.807) is 19.9 Å². The smallest absolute Gasteiger partial charge is 0.330 e. The second-order valence-corrected chi connectivity index (χ2v) is 4.74. The van der Waals surface area contributed by atoms with Crippen molar-refractivity contribution in [2.75, 3.05) is 0 Å². The number of cyclic esters (lactones) is 2. The topological polar surface area (TPSA) is 86.7 Å². The zero-order chi connectivity index (χ0) is 15.1. The Morgan fingerprint density at radius 1 is 0.950 bits per heavy atom.